The Labute approximate surface area is 113 Å². The summed E-state index contributed by atoms with van der Waals surface area (Å²) in [5.74, 6) is 0.477. The zero-order valence-corrected chi connectivity index (χ0v) is 12.1. The van der Waals surface area contributed by atoms with E-state index in [2.05, 4.69) is 12.0 Å². The summed E-state index contributed by atoms with van der Waals surface area (Å²) < 4.78 is 12.0. The molecule has 0 unspecified atom stereocenters. The van der Waals surface area contributed by atoms with Crippen LogP contribution in [0, 0.1) is 5.41 Å². The number of aromatic nitrogens is 2. The maximum absolute atomic E-state index is 11.8. The van der Waals surface area contributed by atoms with E-state index < -0.39 is 11.7 Å². The first-order chi connectivity index (χ1) is 8.84. The van der Waals surface area contributed by atoms with Gasteiger partial charge in [0.25, 0.3) is 0 Å². The van der Waals surface area contributed by atoms with E-state index in [1.807, 2.05) is 20.8 Å². The number of hydrogen-bond acceptors (Lipinski definition) is 4. The maximum Gasteiger partial charge on any atom is 0.435 e. The summed E-state index contributed by atoms with van der Waals surface area (Å²) in [7, 11) is 0. The molecule has 5 heteroatoms. The van der Waals surface area contributed by atoms with Crippen molar-refractivity contribution >= 4 is 6.09 Å². The van der Waals surface area contributed by atoms with Gasteiger partial charge in [-0.2, -0.15) is 4.68 Å². The molecule has 0 atom stereocenters. The van der Waals surface area contributed by atoms with E-state index in [-0.39, 0.29) is 0 Å². The second-order valence-corrected chi connectivity index (χ2v) is 6.22. The first-order valence-electron chi connectivity index (χ1n) is 6.75. The van der Waals surface area contributed by atoms with Gasteiger partial charge in [-0.15, -0.1) is 5.10 Å². The average Bonchev–Trinajstić information content (AvgIpc) is 2.94. The van der Waals surface area contributed by atoms with Crippen LogP contribution < -0.4 is 4.74 Å². The van der Waals surface area contributed by atoms with E-state index in [9.17, 15) is 4.79 Å². The van der Waals surface area contributed by atoms with E-state index in [0.29, 0.717) is 17.9 Å². The molecule has 106 valence electrons. The van der Waals surface area contributed by atoms with Crippen LogP contribution in [-0.2, 0) is 4.74 Å². The molecule has 0 radical (unpaired) electrons. The van der Waals surface area contributed by atoms with Gasteiger partial charge in [0, 0.05) is 17.7 Å². The molecular weight excluding hydrogens is 244 g/mol. The molecule has 0 spiro atoms. The number of nitrogens with zero attached hydrogens (tertiary/aromatic N) is 2. The molecule has 1 aromatic rings. The van der Waals surface area contributed by atoms with Crippen LogP contribution in [0.2, 0.25) is 0 Å². The second kappa shape index (κ2) is 4.87. The Morgan fingerprint density at radius 3 is 2.68 bits per heavy atom. The molecule has 1 fully saturated rings. The zero-order chi connectivity index (χ0) is 14.1. The lowest BCUT2D eigenvalue weighted by atomic mass is 10.1. The van der Waals surface area contributed by atoms with Crippen molar-refractivity contribution in [3.8, 4) is 5.88 Å². The third-order valence-electron chi connectivity index (χ3n) is 3.38. The standard InChI is InChI=1S/C14H22N2O3/c1-5-14(7-8-14)10-18-11-6-9-16(15-11)12(17)19-13(2,3)4/h6,9H,5,7-8,10H2,1-4H3. The predicted octanol–water partition coefficient (Wildman–Crippen LogP) is 3.24. The fourth-order valence-electron chi connectivity index (χ4n) is 1.80. The molecule has 1 heterocycles. The number of carbonyl (C=O) groups excluding carboxylic acids is 1. The van der Waals surface area contributed by atoms with Crippen molar-refractivity contribution in [1.82, 2.24) is 9.78 Å². The molecule has 1 aromatic heterocycles. The molecule has 19 heavy (non-hydrogen) atoms. The van der Waals surface area contributed by atoms with Crippen LogP contribution in [-0.4, -0.2) is 28.1 Å². The van der Waals surface area contributed by atoms with Crippen molar-refractivity contribution in [1.29, 1.82) is 0 Å². The van der Waals surface area contributed by atoms with Gasteiger partial charge in [0.15, 0.2) is 0 Å². The average molecular weight is 266 g/mol. The summed E-state index contributed by atoms with van der Waals surface area (Å²) in [4.78, 5) is 11.8. The smallest absolute Gasteiger partial charge is 0.435 e. The molecule has 0 aromatic carbocycles. The number of hydrogen-bond donors (Lipinski definition) is 0. The van der Waals surface area contributed by atoms with Gasteiger partial charge in [-0.1, -0.05) is 6.92 Å². The van der Waals surface area contributed by atoms with E-state index in [4.69, 9.17) is 9.47 Å². The monoisotopic (exact) mass is 266 g/mol. The molecule has 0 N–H and O–H groups in total. The van der Waals surface area contributed by atoms with Gasteiger partial charge in [0.1, 0.15) is 5.60 Å². The van der Waals surface area contributed by atoms with Crippen LogP contribution in [0.3, 0.4) is 0 Å². The molecule has 0 aliphatic heterocycles. The van der Waals surface area contributed by atoms with Crippen molar-refractivity contribution in [2.75, 3.05) is 6.61 Å². The molecule has 0 saturated heterocycles. The summed E-state index contributed by atoms with van der Waals surface area (Å²) in [6, 6.07) is 1.69. The van der Waals surface area contributed by atoms with Crippen molar-refractivity contribution in [3.05, 3.63) is 12.3 Å². The van der Waals surface area contributed by atoms with Gasteiger partial charge in [0.05, 0.1) is 6.61 Å². The first kappa shape index (κ1) is 13.9. The zero-order valence-electron chi connectivity index (χ0n) is 12.1. The van der Waals surface area contributed by atoms with E-state index >= 15 is 0 Å². The summed E-state index contributed by atoms with van der Waals surface area (Å²) >= 11 is 0. The topological polar surface area (TPSA) is 53.4 Å². The molecular formula is C14H22N2O3. The molecule has 1 saturated carbocycles. The fraction of sp³-hybridized carbons (Fsp3) is 0.714. The summed E-state index contributed by atoms with van der Waals surface area (Å²) in [5, 5.41) is 4.08. The van der Waals surface area contributed by atoms with Crippen LogP contribution >= 0.6 is 0 Å². The normalized spacial score (nSPS) is 17.1. The Kier molecular flexibility index (Phi) is 3.56. The van der Waals surface area contributed by atoms with Gasteiger partial charge in [-0.3, -0.25) is 0 Å². The Bertz CT molecular complexity index is 456. The van der Waals surface area contributed by atoms with Gasteiger partial charge < -0.3 is 9.47 Å². The molecule has 2 rings (SSSR count). The molecule has 1 aliphatic carbocycles. The molecule has 0 amide bonds. The van der Waals surface area contributed by atoms with Crippen LogP contribution in [0.1, 0.15) is 47.0 Å². The van der Waals surface area contributed by atoms with Crippen molar-refractivity contribution in [3.63, 3.8) is 0 Å². The minimum atomic E-state index is -0.523. The highest BCUT2D eigenvalue weighted by molar-refractivity contribution is 5.69. The minimum absolute atomic E-state index is 0.343. The van der Waals surface area contributed by atoms with Gasteiger partial charge in [0.2, 0.25) is 5.88 Å². The second-order valence-electron chi connectivity index (χ2n) is 6.22. The van der Waals surface area contributed by atoms with Gasteiger partial charge >= 0.3 is 6.09 Å². The third kappa shape index (κ3) is 3.72. The van der Waals surface area contributed by atoms with E-state index in [1.165, 1.54) is 17.5 Å². The SMILES string of the molecule is CCC1(COc2ccn(C(=O)OC(C)(C)C)n2)CC1. The molecule has 0 bridgehead atoms. The van der Waals surface area contributed by atoms with Crippen LogP contribution in [0.5, 0.6) is 5.88 Å². The number of rotatable bonds is 4. The van der Waals surface area contributed by atoms with E-state index in [1.54, 1.807) is 12.3 Å². The molecule has 1 aliphatic rings. The van der Waals surface area contributed by atoms with Crippen molar-refractivity contribution in [2.45, 2.75) is 52.6 Å². The highest BCUT2D eigenvalue weighted by atomic mass is 16.6. The van der Waals surface area contributed by atoms with Crippen molar-refractivity contribution < 1.29 is 14.3 Å². The minimum Gasteiger partial charge on any atom is -0.476 e. The Morgan fingerprint density at radius 1 is 1.47 bits per heavy atom. The van der Waals surface area contributed by atoms with Gasteiger partial charge in [-0.25, -0.2) is 4.79 Å². The van der Waals surface area contributed by atoms with Crippen molar-refractivity contribution in [2.24, 2.45) is 5.41 Å². The largest absolute Gasteiger partial charge is 0.476 e. The Hall–Kier alpha value is -1.52. The summed E-state index contributed by atoms with van der Waals surface area (Å²) in [6.45, 7) is 8.32. The lowest BCUT2D eigenvalue weighted by Crippen LogP contribution is -2.27. The highest BCUT2D eigenvalue weighted by Crippen LogP contribution is 2.48. The highest BCUT2D eigenvalue weighted by Gasteiger charge is 2.41. The van der Waals surface area contributed by atoms with Gasteiger partial charge in [-0.05, 0) is 40.0 Å². The Morgan fingerprint density at radius 2 is 2.16 bits per heavy atom. The predicted molar refractivity (Wildman–Crippen MR) is 71.3 cm³/mol. The maximum atomic E-state index is 11.8. The quantitative estimate of drug-likeness (QED) is 0.839. The third-order valence-corrected chi connectivity index (χ3v) is 3.38. The first-order valence-corrected chi connectivity index (χ1v) is 6.75. The summed E-state index contributed by atoms with van der Waals surface area (Å²) in [5.41, 5.74) is -0.181. The lowest BCUT2D eigenvalue weighted by molar-refractivity contribution is 0.0511. The molecule has 5 nitrogen and oxygen atoms in total. The number of carbonyl (C=O) groups is 1. The lowest BCUT2D eigenvalue weighted by Gasteiger charge is -2.18. The number of ether oxygens (including phenoxy) is 2. The van der Waals surface area contributed by atoms with Crippen LogP contribution in [0.15, 0.2) is 12.3 Å². The van der Waals surface area contributed by atoms with Crippen LogP contribution in [0.25, 0.3) is 0 Å². The fourth-order valence-corrected chi connectivity index (χ4v) is 1.80. The Balaban J connectivity index is 1.90. The van der Waals surface area contributed by atoms with Crippen LogP contribution in [0.4, 0.5) is 4.79 Å². The van der Waals surface area contributed by atoms with E-state index in [0.717, 1.165) is 6.42 Å². The summed E-state index contributed by atoms with van der Waals surface area (Å²) in [6.07, 6.45) is 4.64.